The van der Waals surface area contributed by atoms with Gasteiger partial charge in [-0.25, -0.2) is 4.99 Å². The standard InChI is InChI=1S/C30H19BrCl2N2O4S/c1-15-27(16(2)36)28(25-12-11-23(39-25)17-3-6-19(31)7-4-17)35-29(37)26(40-30(35)34-15)14-20-8-10-24(38-20)18-5-9-21(32)22(33)13-18/h3-14,28H,1-2H3/b26-14+/t28-/m1/s1. The van der Waals surface area contributed by atoms with E-state index < -0.39 is 6.04 Å². The quantitative estimate of drug-likeness (QED) is 0.198. The fraction of sp³-hybridized carbons (Fsp3) is 0.100. The van der Waals surface area contributed by atoms with Gasteiger partial charge in [0.05, 0.1) is 14.6 Å². The minimum atomic E-state index is -0.747. The van der Waals surface area contributed by atoms with Gasteiger partial charge in [-0.05, 0) is 68.4 Å². The summed E-state index contributed by atoms with van der Waals surface area (Å²) in [5.41, 5.74) is 2.30. The van der Waals surface area contributed by atoms with Crippen LogP contribution >= 0.6 is 50.5 Å². The van der Waals surface area contributed by atoms with E-state index in [4.69, 9.17) is 32.0 Å². The highest BCUT2D eigenvalue weighted by atomic mass is 79.9. The zero-order valence-corrected chi connectivity index (χ0v) is 25.0. The smallest absolute Gasteiger partial charge is 0.271 e. The molecule has 2 aromatic carbocycles. The van der Waals surface area contributed by atoms with Gasteiger partial charge in [-0.1, -0.05) is 62.6 Å². The van der Waals surface area contributed by atoms with Crippen LogP contribution in [0, 0.1) is 0 Å². The number of carbonyl (C=O) groups is 1. The van der Waals surface area contributed by atoms with Gasteiger partial charge in [-0.3, -0.25) is 14.2 Å². The minimum absolute atomic E-state index is 0.181. The second-order valence-corrected chi connectivity index (χ2v) is 11.9. The Labute approximate surface area is 250 Å². The van der Waals surface area contributed by atoms with Crippen LogP contribution in [0.4, 0.5) is 0 Å². The van der Waals surface area contributed by atoms with Gasteiger partial charge in [0.1, 0.15) is 29.1 Å². The molecule has 4 heterocycles. The summed E-state index contributed by atoms with van der Waals surface area (Å²) in [6.07, 6.45) is 1.67. The molecule has 0 unspecified atom stereocenters. The normalized spacial score (nSPS) is 15.3. The number of halogens is 3. The molecule has 0 amide bonds. The Kier molecular flexibility index (Phi) is 7.04. The van der Waals surface area contributed by atoms with Crippen molar-refractivity contribution in [3.63, 3.8) is 0 Å². The molecule has 6 rings (SSSR count). The molecule has 1 atom stereocenters. The largest absolute Gasteiger partial charge is 0.458 e. The first kappa shape index (κ1) is 26.8. The molecule has 10 heteroatoms. The molecule has 0 fully saturated rings. The first-order valence-electron chi connectivity index (χ1n) is 12.1. The van der Waals surface area contributed by atoms with Gasteiger partial charge in [-0.15, -0.1) is 0 Å². The summed E-state index contributed by atoms with van der Waals surface area (Å²) < 4.78 is 15.1. The number of furan rings is 2. The van der Waals surface area contributed by atoms with Crippen molar-refractivity contribution in [3.8, 4) is 22.6 Å². The van der Waals surface area contributed by atoms with E-state index in [0.29, 0.717) is 53.7 Å². The van der Waals surface area contributed by atoms with Crippen molar-refractivity contribution >= 4 is 62.3 Å². The number of fused-ring (bicyclic) bond motifs is 1. The lowest BCUT2D eigenvalue weighted by molar-refractivity contribution is -0.114. The zero-order valence-electron chi connectivity index (χ0n) is 21.1. The summed E-state index contributed by atoms with van der Waals surface area (Å²) >= 11 is 16.9. The predicted octanol–water partition coefficient (Wildman–Crippen LogP) is 7.41. The molecule has 0 saturated heterocycles. The molecule has 0 bridgehead atoms. The molecule has 1 aliphatic rings. The van der Waals surface area contributed by atoms with Crippen molar-refractivity contribution in [1.29, 1.82) is 0 Å². The molecule has 5 aromatic rings. The highest BCUT2D eigenvalue weighted by molar-refractivity contribution is 9.10. The fourth-order valence-electron chi connectivity index (χ4n) is 4.67. The van der Waals surface area contributed by atoms with Crippen LogP contribution in [-0.4, -0.2) is 10.4 Å². The third kappa shape index (κ3) is 4.86. The zero-order chi connectivity index (χ0) is 28.1. The highest BCUT2D eigenvalue weighted by Crippen LogP contribution is 2.34. The molecule has 0 N–H and O–H groups in total. The van der Waals surface area contributed by atoms with E-state index in [1.54, 1.807) is 43.3 Å². The molecule has 3 aromatic heterocycles. The first-order valence-corrected chi connectivity index (χ1v) is 14.5. The van der Waals surface area contributed by atoms with Crippen LogP contribution < -0.4 is 14.9 Å². The lowest BCUT2D eigenvalue weighted by Gasteiger charge is -2.22. The Morgan fingerprint density at radius 1 is 0.975 bits per heavy atom. The van der Waals surface area contributed by atoms with Crippen molar-refractivity contribution in [3.05, 3.63) is 124 Å². The number of thiazole rings is 1. The van der Waals surface area contributed by atoms with Gasteiger partial charge >= 0.3 is 0 Å². The molecular formula is C30H19BrCl2N2O4S. The molecule has 0 aliphatic carbocycles. The van der Waals surface area contributed by atoms with Crippen molar-refractivity contribution in [2.75, 3.05) is 0 Å². The molecule has 1 aliphatic heterocycles. The highest BCUT2D eigenvalue weighted by Gasteiger charge is 2.33. The lowest BCUT2D eigenvalue weighted by atomic mass is 9.98. The number of Topliss-reactive ketones (excluding diaryl/α,β-unsaturated/α-hetero) is 1. The Morgan fingerprint density at radius 2 is 1.68 bits per heavy atom. The average molecular weight is 654 g/mol. The van der Waals surface area contributed by atoms with Crippen LogP contribution in [0.15, 0.2) is 101 Å². The van der Waals surface area contributed by atoms with E-state index in [0.717, 1.165) is 15.6 Å². The van der Waals surface area contributed by atoms with Gasteiger partial charge in [0.15, 0.2) is 10.6 Å². The van der Waals surface area contributed by atoms with E-state index in [2.05, 4.69) is 20.9 Å². The van der Waals surface area contributed by atoms with Gasteiger partial charge in [-0.2, -0.15) is 0 Å². The Bertz CT molecular complexity index is 2010. The van der Waals surface area contributed by atoms with E-state index >= 15 is 0 Å². The number of hydrogen-bond acceptors (Lipinski definition) is 6. The Morgan fingerprint density at radius 3 is 2.40 bits per heavy atom. The van der Waals surface area contributed by atoms with E-state index in [1.807, 2.05) is 36.4 Å². The number of aromatic nitrogens is 1. The topological polar surface area (TPSA) is 77.7 Å². The van der Waals surface area contributed by atoms with E-state index in [1.165, 1.54) is 22.8 Å². The predicted molar refractivity (Wildman–Crippen MR) is 160 cm³/mol. The molecule has 0 saturated carbocycles. The average Bonchev–Trinajstić information content (AvgIpc) is 3.65. The first-order chi connectivity index (χ1) is 19.2. The van der Waals surface area contributed by atoms with Crippen LogP contribution in [0.1, 0.15) is 31.4 Å². The molecule has 6 nitrogen and oxygen atoms in total. The number of hydrogen-bond donors (Lipinski definition) is 0. The minimum Gasteiger partial charge on any atom is -0.458 e. The molecule has 0 spiro atoms. The van der Waals surface area contributed by atoms with Crippen LogP contribution in [0.3, 0.4) is 0 Å². The maximum absolute atomic E-state index is 13.8. The van der Waals surface area contributed by atoms with Crippen molar-refractivity contribution in [2.45, 2.75) is 19.9 Å². The summed E-state index contributed by atoms with van der Waals surface area (Å²) in [4.78, 5) is 31.7. The third-order valence-electron chi connectivity index (χ3n) is 6.53. The summed E-state index contributed by atoms with van der Waals surface area (Å²) in [7, 11) is 0. The number of carbonyl (C=O) groups excluding carboxylic acids is 1. The monoisotopic (exact) mass is 652 g/mol. The maximum atomic E-state index is 13.8. The van der Waals surface area contributed by atoms with Crippen LogP contribution in [0.25, 0.3) is 28.7 Å². The SMILES string of the molecule is CC(=O)C1=C(C)N=c2s/c(=C/c3ccc(-c4ccc(Cl)c(Cl)c4)o3)c(=O)n2[C@@H]1c1ccc(-c2ccc(Br)cc2)o1. The van der Waals surface area contributed by atoms with E-state index in [-0.39, 0.29) is 11.3 Å². The fourth-order valence-corrected chi connectivity index (χ4v) is 6.26. The van der Waals surface area contributed by atoms with Crippen LogP contribution in [0.2, 0.25) is 10.0 Å². The Balaban J connectivity index is 1.44. The van der Waals surface area contributed by atoms with Gasteiger partial charge in [0.25, 0.3) is 5.56 Å². The molecule has 40 heavy (non-hydrogen) atoms. The number of benzene rings is 2. The molecule has 200 valence electrons. The number of ketones is 1. The van der Waals surface area contributed by atoms with Crippen LogP contribution in [0.5, 0.6) is 0 Å². The maximum Gasteiger partial charge on any atom is 0.271 e. The Hall–Kier alpha value is -3.43. The van der Waals surface area contributed by atoms with Gasteiger partial charge in [0.2, 0.25) is 0 Å². The van der Waals surface area contributed by atoms with E-state index in [9.17, 15) is 9.59 Å². The summed E-state index contributed by atoms with van der Waals surface area (Å²) in [6.45, 7) is 3.25. The van der Waals surface area contributed by atoms with Gasteiger partial charge in [0, 0.05) is 32.9 Å². The number of rotatable bonds is 5. The number of allylic oxidation sites excluding steroid dienone is 2. The van der Waals surface area contributed by atoms with Crippen molar-refractivity contribution < 1.29 is 13.6 Å². The van der Waals surface area contributed by atoms with Crippen LogP contribution in [-0.2, 0) is 4.79 Å². The summed E-state index contributed by atoms with van der Waals surface area (Å²) in [6, 6.07) is 19.4. The second kappa shape index (κ2) is 10.5. The number of nitrogens with zero attached hydrogens (tertiary/aromatic N) is 2. The van der Waals surface area contributed by atoms with Crippen molar-refractivity contribution in [2.24, 2.45) is 4.99 Å². The molecule has 0 radical (unpaired) electrons. The summed E-state index contributed by atoms with van der Waals surface area (Å²) in [5, 5.41) is 0.872. The second-order valence-electron chi connectivity index (χ2n) is 9.18. The van der Waals surface area contributed by atoms with Crippen molar-refractivity contribution in [1.82, 2.24) is 4.57 Å². The third-order valence-corrected chi connectivity index (χ3v) is 8.78. The lowest BCUT2D eigenvalue weighted by Crippen LogP contribution is -2.39. The summed E-state index contributed by atoms with van der Waals surface area (Å²) in [5.74, 6) is 2.00. The van der Waals surface area contributed by atoms with Gasteiger partial charge < -0.3 is 8.83 Å². The molecular weight excluding hydrogens is 635 g/mol.